The topological polar surface area (TPSA) is 32.3 Å². The van der Waals surface area contributed by atoms with E-state index in [0.29, 0.717) is 11.8 Å². The average molecular weight is 222 g/mol. The van der Waals surface area contributed by atoms with Gasteiger partial charge >= 0.3 is 0 Å². The molecule has 0 radical (unpaired) electrons. The molecule has 0 saturated carbocycles. The molecule has 1 N–H and O–H groups in total. The molecule has 2 aliphatic rings. The van der Waals surface area contributed by atoms with Crippen molar-refractivity contribution in [1.82, 2.24) is 10.2 Å². The van der Waals surface area contributed by atoms with Gasteiger partial charge < -0.3 is 10.2 Å². The third-order valence-electron chi connectivity index (χ3n) is 3.61. The molecule has 1 saturated heterocycles. The lowest BCUT2D eigenvalue weighted by Gasteiger charge is -2.33. The maximum absolute atomic E-state index is 12.3. The van der Waals surface area contributed by atoms with E-state index >= 15 is 0 Å². The number of amides is 1. The fourth-order valence-electron chi connectivity index (χ4n) is 2.62. The van der Waals surface area contributed by atoms with Gasteiger partial charge in [-0.1, -0.05) is 18.6 Å². The summed E-state index contributed by atoms with van der Waals surface area (Å²) in [4.78, 5) is 14.3. The molecule has 90 valence electrons. The molecule has 0 aromatic carbocycles. The molecule has 2 aliphatic heterocycles. The number of rotatable bonds is 1. The summed E-state index contributed by atoms with van der Waals surface area (Å²) >= 11 is 0. The van der Waals surface area contributed by atoms with Crippen LogP contribution in [0, 0.1) is 5.92 Å². The first-order chi connectivity index (χ1) is 7.66. The molecule has 2 heterocycles. The van der Waals surface area contributed by atoms with Crippen molar-refractivity contribution in [3.05, 3.63) is 11.6 Å². The Morgan fingerprint density at radius 1 is 1.56 bits per heavy atom. The van der Waals surface area contributed by atoms with Gasteiger partial charge in [-0.3, -0.25) is 4.79 Å². The van der Waals surface area contributed by atoms with Crippen molar-refractivity contribution >= 4 is 5.91 Å². The zero-order chi connectivity index (χ0) is 11.5. The van der Waals surface area contributed by atoms with E-state index in [0.717, 1.165) is 32.5 Å². The molecule has 0 aliphatic carbocycles. The van der Waals surface area contributed by atoms with E-state index in [1.807, 2.05) is 4.90 Å². The first-order valence-corrected chi connectivity index (χ1v) is 6.34. The van der Waals surface area contributed by atoms with E-state index in [1.165, 1.54) is 12.0 Å². The number of carbonyl (C=O) groups is 1. The van der Waals surface area contributed by atoms with Crippen LogP contribution in [0.25, 0.3) is 0 Å². The molecule has 0 bridgehead atoms. The highest BCUT2D eigenvalue weighted by Gasteiger charge is 2.28. The van der Waals surface area contributed by atoms with Crippen molar-refractivity contribution in [2.45, 2.75) is 39.2 Å². The summed E-state index contributed by atoms with van der Waals surface area (Å²) in [6.07, 6.45) is 5.45. The molecule has 1 fully saturated rings. The third kappa shape index (κ3) is 2.64. The first-order valence-electron chi connectivity index (χ1n) is 6.34. The largest absolute Gasteiger partial charge is 0.337 e. The molecule has 2 rings (SSSR count). The van der Waals surface area contributed by atoms with Gasteiger partial charge in [0.25, 0.3) is 0 Å². The zero-order valence-electron chi connectivity index (χ0n) is 10.3. The standard InChI is InChI=1S/C13H22N2O/c1-10-5-6-14-12(8-10)13(16)15-7-3-4-11(2)9-15/h4,10,12,14H,3,5-9H2,1-2H3. The maximum atomic E-state index is 12.3. The van der Waals surface area contributed by atoms with Crippen molar-refractivity contribution in [1.29, 1.82) is 0 Å². The predicted octanol–water partition coefficient (Wildman–Crippen LogP) is 1.55. The van der Waals surface area contributed by atoms with E-state index < -0.39 is 0 Å². The fraction of sp³-hybridized carbons (Fsp3) is 0.769. The smallest absolute Gasteiger partial charge is 0.240 e. The summed E-state index contributed by atoms with van der Waals surface area (Å²) in [5, 5.41) is 3.35. The summed E-state index contributed by atoms with van der Waals surface area (Å²) < 4.78 is 0. The van der Waals surface area contributed by atoms with E-state index in [4.69, 9.17) is 0 Å². The monoisotopic (exact) mass is 222 g/mol. The van der Waals surface area contributed by atoms with Gasteiger partial charge in [0.1, 0.15) is 0 Å². The summed E-state index contributed by atoms with van der Waals surface area (Å²) in [5.41, 5.74) is 1.32. The number of nitrogens with zero attached hydrogens (tertiary/aromatic N) is 1. The van der Waals surface area contributed by atoms with Crippen molar-refractivity contribution in [2.24, 2.45) is 5.92 Å². The second-order valence-corrected chi connectivity index (χ2v) is 5.24. The Bertz CT molecular complexity index is 298. The van der Waals surface area contributed by atoms with Crippen LogP contribution in [-0.4, -0.2) is 36.5 Å². The van der Waals surface area contributed by atoms with E-state index in [-0.39, 0.29) is 6.04 Å². The van der Waals surface area contributed by atoms with Gasteiger partial charge in [-0.25, -0.2) is 0 Å². The highest BCUT2D eigenvalue weighted by Crippen LogP contribution is 2.18. The molecule has 3 nitrogen and oxygen atoms in total. The molecule has 3 heteroatoms. The Kier molecular flexibility index (Phi) is 3.64. The lowest BCUT2D eigenvalue weighted by molar-refractivity contribution is -0.134. The van der Waals surface area contributed by atoms with Crippen LogP contribution in [0.2, 0.25) is 0 Å². The van der Waals surface area contributed by atoms with Crippen molar-refractivity contribution in [3.63, 3.8) is 0 Å². The SMILES string of the molecule is CC1=CCCN(C(=O)C2CC(C)CCN2)C1. The van der Waals surface area contributed by atoms with Crippen LogP contribution in [-0.2, 0) is 4.79 Å². The van der Waals surface area contributed by atoms with Crippen molar-refractivity contribution in [2.75, 3.05) is 19.6 Å². The second kappa shape index (κ2) is 5.00. The number of piperidine rings is 1. The lowest BCUT2D eigenvalue weighted by Crippen LogP contribution is -2.51. The highest BCUT2D eigenvalue weighted by molar-refractivity contribution is 5.82. The van der Waals surface area contributed by atoms with E-state index in [2.05, 4.69) is 25.2 Å². The van der Waals surface area contributed by atoms with Crippen molar-refractivity contribution in [3.8, 4) is 0 Å². The zero-order valence-corrected chi connectivity index (χ0v) is 10.3. The van der Waals surface area contributed by atoms with Gasteiger partial charge in [-0.15, -0.1) is 0 Å². The van der Waals surface area contributed by atoms with Crippen LogP contribution in [0.15, 0.2) is 11.6 Å². The van der Waals surface area contributed by atoms with Crippen LogP contribution in [0.4, 0.5) is 0 Å². The first kappa shape index (κ1) is 11.6. The second-order valence-electron chi connectivity index (χ2n) is 5.24. The van der Waals surface area contributed by atoms with Gasteiger partial charge in [0.2, 0.25) is 5.91 Å². The molecule has 0 aromatic rings. The average Bonchev–Trinajstić information content (AvgIpc) is 2.28. The highest BCUT2D eigenvalue weighted by atomic mass is 16.2. The molecule has 16 heavy (non-hydrogen) atoms. The molecule has 0 aromatic heterocycles. The number of nitrogens with one attached hydrogen (secondary N) is 1. The summed E-state index contributed by atoms with van der Waals surface area (Å²) in [7, 11) is 0. The third-order valence-corrected chi connectivity index (χ3v) is 3.61. The minimum absolute atomic E-state index is 0.0645. The quantitative estimate of drug-likeness (QED) is 0.683. The number of carbonyl (C=O) groups excluding carboxylic acids is 1. The van der Waals surface area contributed by atoms with Gasteiger partial charge in [0.15, 0.2) is 0 Å². The summed E-state index contributed by atoms with van der Waals surface area (Å²) in [6, 6.07) is 0.0645. The van der Waals surface area contributed by atoms with Crippen LogP contribution < -0.4 is 5.32 Å². The Morgan fingerprint density at radius 3 is 3.06 bits per heavy atom. The molecular formula is C13H22N2O. The molecule has 1 amide bonds. The van der Waals surface area contributed by atoms with Gasteiger partial charge in [-0.05, 0) is 38.6 Å². The minimum atomic E-state index is 0.0645. The van der Waals surface area contributed by atoms with Gasteiger partial charge in [0.05, 0.1) is 6.04 Å². The van der Waals surface area contributed by atoms with Gasteiger partial charge in [0, 0.05) is 13.1 Å². The Balaban J connectivity index is 1.94. The molecule has 2 unspecified atom stereocenters. The normalized spacial score (nSPS) is 31.1. The van der Waals surface area contributed by atoms with Crippen LogP contribution >= 0.6 is 0 Å². The minimum Gasteiger partial charge on any atom is -0.337 e. The van der Waals surface area contributed by atoms with E-state index in [9.17, 15) is 4.79 Å². The molecule has 0 spiro atoms. The predicted molar refractivity (Wildman–Crippen MR) is 65.1 cm³/mol. The number of hydrogen-bond acceptors (Lipinski definition) is 2. The Morgan fingerprint density at radius 2 is 2.38 bits per heavy atom. The molecular weight excluding hydrogens is 200 g/mol. The summed E-state index contributed by atoms with van der Waals surface area (Å²) in [5.74, 6) is 0.982. The van der Waals surface area contributed by atoms with Crippen LogP contribution in [0.3, 0.4) is 0 Å². The van der Waals surface area contributed by atoms with Crippen LogP contribution in [0.1, 0.15) is 33.1 Å². The Labute approximate surface area is 97.9 Å². The van der Waals surface area contributed by atoms with Crippen molar-refractivity contribution < 1.29 is 4.79 Å². The Hall–Kier alpha value is -0.830. The molecule has 2 atom stereocenters. The van der Waals surface area contributed by atoms with Crippen LogP contribution in [0.5, 0.6) is 0 Å². The van der Waals surface area contributed by atoms with Gasteiger partial charge in [-0.2, -0.15) is 0 Å². The van der Waals surface area contributed by atoms with E-state index in [1.54, 1.807) is 0 Å². The summed E-state index contributed by atoms with van der Waals surface area (Å²) in [6.45, 7) is 7.05. The lowest BCUT2D eigenvalue weighted by atomic mass is 9.93. The maximum Gasteiger partial charge on any atom is 0.240 e. The fourth-order valence-corrected chi connectivity index (χ4v) is 2.62. The number of hydrogen-bond donors (Lipinski definition) is 1.